The van der Waals surface area contributed by atoms with Crippen LogP contribution in [0.2, 0.25) is 0 Å². The molecular weight excluding hydrogens is 526 g/mol. The number of carbonyl (C=O) groups is 1. The summed E-state index contributed by atoms with van der Waals surface area (Å²) in [6.45, 7) is 7.32. The molecule has 1 N–H and O–H groups in total. The van der Waals surface area contributed by atoms with Crippen LogP contribution in [0.5, 0.6) is 0 Å². The number of pyridine rings is 1. The Morgan fingerprint density at radius 2 is 1.64 bits per heavy atom. The number of aromatic nitrogens is 1. The van der Waals surface area contributed by atoms with Gasteiger partial charge in [0, 0.05) is 38.0 Å². The Morgan fingerprint density at radius 1 is 0.964 bits per heavy atom. The van der Waals surface area contributed by atoms with Gasteiger partial charge in [0.25, 0.3) is 0 Å². The molecule has 0 atom stereocenters. The maximum atomic E-state index is 11.0. The number of allylic oxidation sites excluding steroid dienone is 2. The number of rotatable bonds is 4. The average molecular weight is 553 g/mol. The van der Waals surface area contributed by atoms with Gasteiger partial charge in [-0.25, -0.2) is 0 Å². The number of hydrogen-bond acceptors (Lipinski definition) is 3. The van der Waals surface area contributed by atoms with Gasteiger partial charge in [-0.2, -0.15) is 0 Å². The minimum absolute atomic E-state index is 0. The van der Waals surface area contributed by atoms with Crippen LogP contribution in [-0.2, 0) is 24.9 Å². The minimum atomic E-state index is -0.0316. The number of carbonyl (C=O) groups excluding carboxylic acids is 1. The molecule has 1 heterocycles. The fourth-order valence-corrected chi connectivity index (χ4v) is 2.25. The van der Waals surface area contributed by atoms with Gasteiger partial charge in [-0.1, -0.05) is 58.0 Å². The summed E-state index contributed by atoms with van der Waals surface area (Å²) in [5.74, 6) is 0.161. The van der Waals surface area contributed by atoms with Crippen LogP contribution in [0.15, 0.2) is 72.5 Å². The SMILES string of the molecule is CC(C)C(=O)/C=C(\O)C(C)C.[Ir].[c-]1ccccc1-c1ccc2ccccc2n1. The van der Waals surface area contributed by atoms with Crippen molar-refractivity contribution in [3.05, 3.63) is 78.6 Å². The molecule has 3 aromatic rings. The fraction of sp³-hybridized carbons (Fsp3) is 0.250. The predicted molar refractivity (Wildman–Crippen MR) is 111 cm³/mol. The molecule has 149 valence electrons. The van der Waals surface area contributed by atoms with Gasteiger partial charge in [0.15, 0.2) is 5.78 Å². The summed E-state index contributed by atoms with van der Waals surface area (Å²) in [6.07, 6.45) is 1.31. The number of aliphatic hydroxyl groups excluding tert-OH is 1. The number of fused-ring (bicyclic) bond motifs is 1. The minimum Gasteiger partial charge on any atom is -0.512 e. The zero-order valence-electron chi connectivity index (χ0n) is 16.6. The zero-order valence-corrected chi connectivity index (χ0v) is 19.0. The van der Waals surface area contributed by atoms with E-state index in [1.807, 2.05) is 76.2 Å². The summed E-state index contributed by atoms with van der Waals surface area (Å²) < 4.78 is 0. The van der Waals surface area contributed by atoms with E-state index < -0.39 is 0 Å². The first kappa shape index (κ1) is 23.7. The molecule has 0 spiro atoms. The molecule has 0 aliphatic carbocycles. The number of aliphatic hydroxyl groups is 1. The van der Waals surface area contributed by atoms with E-state index in [0.29, 0.717) is 0 Å². The molecule has 3 rings (SSSR count). The van der Waals surface area contributed by atoms with Crippen LogP contribution in [0.1, 0.15) is 27.7 Å². The van der Waals surface area contributed by atoms with E-state index in [2.05, 4.69) is 23.2 Å². The Balaban J connectivity index is 0.000000292. The second-order valence-electron chi connectivity index (χ2n) is 6.95. The maximum Gasteiger partial charge on any atom is 0.161 e. The Bertz CT molecular complexity index is 918. The number of para-hydroxylation sites is 1. The summed E-state index contributed by atoms with van der Waals surface area (Å²) in [6, 6.07) is 23.4. The summed E-state index contributed by atoms with van der Waals surface area (Å²) in [7, 11) is 0. The van der Waals surface area contributed by atoms with E-state index in [1.54, 1.807) is 0 Å². The Kier molecular flexibility index (Phi) is 9.78. The molecule has 0 saturated heterocycles. The number of hydrogen-bond donors (Lipinski definition) is 1. The van der Waals surface area contributed by atoms with Crippen LogP contribution >= 0.6 is 0 Å². The van der Waals surface area contributed by atoms with Crippen LogP contribution in [0.3, 0.4) is 0 Å². The van der Waals surface area contributed by atoms with Crippen LogP contribution < -0.4 is 0 Å². The van der Waals surface area contributed by atoms with E-state index in [1.165, 1.54) is 11.5 Å². The molecule has 4 heteroatoms. The second kappa shape index (κ2) is 11.5. The van der Waals surface area contributed by atoms with Crippen molar-refractivity contribution in [2.24, 2.45) is 11.8 Å². The molecule has 1 aromatic heterocycles. The van der Waals surface area contributed by atoms with Crippen LogP contribution in [-0.4, -0.2) is 15.9 Å². The molecule has 0 unspecified atom stereocenters. The van der Waals surface area contributed by atoms with E-state index in [-0.39, 0.29) is 43.5 Å². The van der Waals surface area contributed by atoms with E-state index in [9.17, 15) is 9.90 Å². The molecule has 0 aliphatic rings. The van der Waals surface area contributed by atoms with E-state index in [4.69, 9.17) is 0 Å². The van der Waals surface area contributed by atoms with E-state index in [0.717, 1.165) is 16.8 Å². The van der Waals surface area contributed by atoms with Gasteiger partial charge in [0.1, 0.15) is 0 Å². The van der Waals surface area contributed by atoms with E-state index >= 15 is 0 Å². The van der Waals surface area contributed by atoms with Crippen LogP contribution in [0.4, 0.5) is 0 Å². The van der Waals surface area contributed by atoms with Crippen molar-refractivity contribution in [2.75, 3.05) is 0 Å². The van der Waals surface area contributed by atoms with Gasteiger partial charge in [-0.15, -0.1) is 35.9 Å². The Morgan fingerprint density at radius 3 is 2.25 bits per heavy atom. The molecule has 0 saturated carbocycles. The fourth-order valence-electron chi connectivity index (χ4n) is 2.25. The zero-order chi connectivity index (χ0) is 19.8. The third-order valence-electron chi connectivity index (χ3n) is 4.03. The summed E-state index contributed by atoms with van der Waals surface area (Å²) >= 11 is 0. The first-order valence-corrected chi connectivity index (χ1v) is 9.15. The average Bonchev–Trinajstić information content (AvgIpc) is 2.68. The molecule has 0 bridgehead atoms. The van der Waals surface area contributed by atoms with Crippen molar-refractivity contribution < 1.29 is 30.0 Å². The van der Waals surface area contributed by atoms with Crippen molar-refractivity contribution in [1.29, 1.82) is 0 Å². The molecule has 2 aromatic carbocycles. The van der Waals surface area contributed by atoms with Gasteiger partial charge in [-0.05, 0) is 17.1 Å². The third-order valence-corrected chi connectivity index (χ3v) is 4.03. The first-order valence-electron chi connectivity index (χ1n) is 9.15. The van der Waals surface area contributed by atoms with Gasteiger partial charge < -0.3 is 5.11 Å². The molecule has 0 amide bonds. The van der Waals surface area contributed by atoms with Gasteiger partial charge in [-0.3, -0.25) is 9.78 Å². The Labute approximate surface area is 180 Å². The quantitative estimate of drug-likeness (QED) is 0.245. The van der Waals surface area contributed by atoms with Crippen molar-refractivity contribution in [1.82, 2.24) is 4.98 Å². The van der Waals surface area contributed by atoms with Gasteiger partial charge in [0.05, 0.1) is 11.3 Å². The predicted octanol–water partition coefficient (Wildman–Crippen LogP) is 6.01. The largest absolute Gasteiger partial charge is 0.512 e. The summed E-state index contributed by atoms with van der Waals surface area (Å²) in [5, 5.41) is 10.4. The van der Waals surface area contributed by atoms with Crippen molar-refractivity contribution in [3.8, 4) is 11.3 Å². The van der Waals surface area contributed by atoms with Gasteiger partial charge in [0.2, 0.25) is 0 Å². The standard InChI is InChI=1S/C15H10N.C9H16O2.Ir/c1-2-6-12(7-3-1)15-11-10-13-8-4-5-9-14(13)16-15;1-6(2)8(10)5-9(11)7(3)4;/h1-6,8-11H;5-7,10H,1-4H3;/q-1;;/b;8-5-;. The third kappa shape index (κ3) is 7.03. The molecule has 0 fully saturated rings. The second-order valence-corrected chi connectivity index (χ2v) is 6.95. The van der Waals surface area contributed by atoms with Crippen molar-refractivity contribution in [3.63, 3.8) is 0 Å². The maximum absolute atomic E-state index is 11.0. The summed E-state index contributed by atoms with van der Waals surface area (Å²) in [5.41, 5.74) is 3.03. The monoisotopic (exact) mass is 553 g/mol. The molecule has 28 heavy (non-hydrogen) atoms. The number of ketones is 1. The smallest absolute Gasteiger partial charge is 0.161 e. The number of benzene rings is 2. The molecular formula is C24H26IrNO2-. The molecule has 1 radical (unpaired) electrons. The number of nitrogens with zero attached hydrogens (tertiary/aromatic N) is 1. The van der Waals surface area contributed by atoms with Crippen LogP contribution in [0, 0.1) is 17.9 Å². The van der Waals surface area contributed by atoms with Crippen LogP contribution in [0.25, 0.3) is 22.2 Å². The van der Waals surface area contributed by atoms with Crippen molar-refractivity contribution in [2.45, 2.75) is 27.7 Å². The normalized spacial score (nSPS) is 11.0. The Hall–Kier alpha value is -2.29. The summed E-state index contributed by atoms with van der Waals surface area (Å²) in [4.78, 5) is 15.6. The molecule has 3 nitrogen and oxygen atoms in total. The van der Waals surface area contributed by atoms with Crippen molar-refractivity contribution >= 4 is 16.7 Å². The molecule has 0 aliphatic heterocycles. The first-order chi connectivity index (χ1) is 12.9. The van der Waals surface area contributed by atoms with Gasteiger partial charge >= 0.3 is 0 Å². The topological polar surface area (TPSA) is 50.2 Å².